The van der Waals surface area contributed by atoms with Crippen LogP contribution in [0.4, 0.5) is 17.1 Å². The minimum Gasteiger partial charge on any atom is -0.364 e. The quantitative estimate of drug-likeness (QED) is 0.493. The van der Waals surface area contributed by atoms with E-state index in [4.69, 9.17) is 0 Å². The zero-order chi connectivity index (χ0) is 21.9. The van der Waals surface area contributed by atoms with Gasteiger partial charge in [0.25, 0.3) is 15.7 Å². The molecular weight excluding hydrogens is 404 g/mol. The van der Waals surface area contributed by atoms with E-state index in [1.165, 1.54) is 16.4 Å². The molecule has 0 saturated carbocycles. The average molecular weight is 433 g/mol. The molecule has 1 aliphatic rings. The number of rotatable bonds is 7. The summed E-state index contributed by atoms with van der Waals surface area (Å²) in [5.74, 6) is 0. The van der Waals surface area contributed by atoms with E-state index in [0.29, 0.717) is 30.5 Å². The van der Waals surface area contributed by atoms with E-state index < -0.39 is 14.9 Å². The van der Waals surface area contributed by atoms with Crippen LogP contribution in [0.3, 0.4) is 0 Å². The summed E-state index contributed by atoms with van der Waals surface area (Å²) in [4.78, 5) is 15.4. The molecular formula is C21H28N4O4S. The molecule has 0 bridgehead atoms. The highest BCUT2D eigenvalue weighted by Crippen LogP contribution is 2.34. The van der Waals surface area contributed by atoms with Gasteiger partial charge in [0.1, 0.15) is 5.69 Å². The van der Waals surface area contributed by atoms with E-state index in [0.717, 1.165) is 12.8 Å². The Morgan fingerprint density at radius 3 is 2.47 bits per heavy atom. The molecule has 0 radical (unpaired) electrons. The van der Waals surface area contributed by atoms with Gasteiger partial charge < -0.3 is 9.80 Å². The molecule has 9 heteroatoms. The number of likely N-dealkylation sites (N-methyl/N-ethyl adjacent to an activating group) is 1. The number of hydrogen-bond acceptors (Lipinski definition) is 6. The number of benzene rings is 2. The first kappa shape index (κ1) is 22.0. The topological polar surface area (TPSA) is 87.0 Å². The summed E-state index contributed by atoms with van der Waals surface area (Å²) in [6, 6.07) is 13.3. The molecule has 1 unspecified atom stereocenters. The standard InChI is InChI=1S/C21H28N4O4S/c1-4-24(17-9-6-5-7-10-17)30(28,29)19-12-13-20(21(15-19)25(26)27)23-14-8-11-18(16-23)22(2)3/h5-7,9-10,12-13,15,18H,4,8,11,14,16H2,1-3H3. The molecule has 0 spiro atoms. The van der Waals surface area contributed by atoms with E-state index >= 15 is 0 Å². The molecule has 30 heavy (non-hydrogen) atoms. The van der Waals surface area contributed by atoms with Gasteiger partial charge in [0, 0.05) is 31.7 Å². The van der Waals surface area contributed by atoms with Gasteiger partial charge in [0.2, 0.25) is 0 Å². The molecule has 2 aromatic carbocycles. The van der Waals surface area contributed by atoms with Gasteiger partial charge in [0.05, 0.1) is 15.5 Å². The smallest absolute Gasteiger partial charge is 0.293 e. The van der Waals surface area contributed by atoms with Crippen molar-refractivity contribution < 1.29 is 13.3 Å². The molecule has 0 aromatic heterocycles. The molecule has 1 atom stereocenters. The fourth-order valence-electron chi connectivity index (χ4n) is 3.89. The van der Waals surface area contributed by atoms with Crippen molar-refractivity contribution >= 4 is 27.1 Å². The minimum absolute atomic E-state index is 0.0789. The van der Waals surface area contributed by atoms with Crippen LogP contribution in [0.5, 0.6) is 0 Å². The van der Waals surface area contributed by atoms with Crippen molar-refractivity contribution in [3.8, 4) is 0 Å². The van der Waals surface area contributed by atoms with Gasteiger partial charge in [-0.2, -0.15) is 0 Å². The highest BCUT2D eigenvalue weighted by molar-refractivity contribution is 7.92. The second-order valence-electron chi connectivity index (χ2n) is 7.62. The van der Waals surface area contributed by atoms with Crippen LogP contribution in [-0.4, -0.2) is 58.0 Å². The summed E-state index contributed by atoms with van der Waals surface area (Å²) in [5.41, 5.74) is 0.810. The van der Waals surface area contributed by atoms with Crippen molar-refractivity contribution in [2.45, 2.75) is 30.7 Å². The van der Waals surface area contributed by atoms with Crippen LogP contribution in [0, 0.1) is 10.1 Å². The van der Waals surface area contributed by atoms with E-state index in [-0.39, 0.29) is 17.1 Å². The Balaban J connectivity index is 1.99. The van der Waals surface area contributed by atoms with Gasteiger partial charge in [0.15, 0.2) is 0 Å². The first-order valence-electron chi connectivity index (χ1n) is 10.0. The van der Waals surface area contributed by atoms with E-state index in [1.807, 2.05) is 25.1 Å². The van der Waals surface area contributed by atoms with Crippen LogP contribution in [0.15, 0.2) is 53.4 Å². The number of sulfonamides is 1. The number of para-hydroxylation sites is 1. The molecule has 2 aromatic rings. The molecule has 162 valence electrons. The van der Waals surface area contributed by atoms with E-state index in [9.17, 15) is 18.5 Å². The zero-order valence-corrected chi connectivity index (χ0v) is 18.4. The van der Waals surface area contributed by atoms with Crippen molar-refractivity contribution in [2.75, 3.05) is 42.9 Å². The number of nitro benzene ring substituents is 1. The number of nitro groups is 1. The van der Waals surface area contributed by atoms with Crippen molar-refractivity contribution in [1.82, 2.24) is 4.90 Å². The van der Waals surface area contributed by atoms with Crippen molar-refractivity contribution in [1.29, 1.82) is 0 Å². The van der Waals surface area contributed by atoms with Crippen LogP contribution in [-0.2, 0) is 10.0 Å². The van der Waals surface area contributed by atoms with Crippen molar-refractivity contribution in [2.24, 2.45) is 0 Å². The maximum absolute atomic E-state index is 13.3. The summed E-state index contributed by atoms with van der Waals surface area (Å²) in [6.45, 7) is 3.34. The zero-order valence-electron chi connectivity index (χ0n) is 17.6. The van der Waals surface area contributed by atoms with Gasteiger partial charge >= 0.3 is 0 Å². The van der Waals surface area contributed by atoms with Crippen LogP contribution >= 0.6 is 0 Å². The predicted octanol–water partition coefficient (Wildman–Crippen LogP) is 3.34. The molecule has 0 N–H and O–H groups in total. The van der Waals surface area contributed by atoms with Crippen LogP contribution in [0.25, 0.3) is 0 Å². The molecule has 1 aliphatic heterocycles. The second-order valence-corrected chi connectivity index (χ2v) is 9.48. The van der Waals surface area contributed by atoms with E-state index in [2.05, 4.69) is 4.90 Å². The number of hydrogen-bond donors (Lipinski definition) is 0. The Bertz CT molecular complexity index is 995. The highest BCUT2D eigenvalue weighted by atomic mass is 32.2. The molecule has 8 nitrogen and oxygen atoms in total. The lowest BCUT2D eigenvalue weighted by atomic mass is 10.0. The lowest BCUT2D eigenvalue weighted by Gasteiger charge is -2.37. The Morgan fingerprint density at radius 2 is 1.87 bits per heavy atom. The minimum atomic E-state index is -3.93. The third kappa shape index (κ3) is 4.41. The van der Waals surface area contributed by atoms with E-state index in [1.54, 1.807) is 37.3 Å². The molecule has 3 rings (SSSR count). The Morgan fingerprint density at radius 1 is 1.17 bits per heavy atom. The van der Waals surface area contributed by atoms with Crippen LogP contribution < -0.4 is 9.21 Å². The fraction of sp³-hybridized carbons (Fsp3) is 0.429. The molecule has 1 saturated heterocycles. The fourth-order valence-corrected chi connectivity index (χ4v) is 5.38. The van der Waals surface area contributed by atoms with Crippen molar-refractivity contribution in [3.05, 3.63) is 58.6 Å². The average Bonchev–Trinajstić information content (AvgIpc) is 2.74. The largest absolute Gasteiger partial charge is 0.364 e. The normalized spacial score (nSPS) is 17.2. The summed E-state index contributed by atoms with van der Waals surface area (Å²) in [5, 5.41) is 11.8. The maximum atomic E-state index is 13.3. The Labute approximate surface area is 177 Å². The Hall–Kier alpha value is -2.65. The third-order valence-corrected chi connectivity index (χ3v) is 7.43. The number of piperidine rings is 1. The lowest BCUT2D eigenvalue weighted by molar-refractivity contribution is -0.384. The van der Waals surface area contributed by atoms with Gasteiger partial charge in [-0.3, -0.25) is 14.4 Å². The van der Waals surface area contributed by atoms with Gasteiger partial charge in [-0.15, -0.1) is 0 Å². The van der Waals surface area contributed by atoms with Gasteiger partial charge in [-0.25, -0.2) is 8.42 Å². The predicted molar refractivity (Wildman–Crippen MR) is 119 cm³/mol. The maximum Gasteiger partial charge on any atom is 0.293 e. The monoisotopic (exact) mass is 432 g/mol. The molecule has 1 fully saturated rings. The summed E-state index contributed by atoms with van der Waals surface area (Å²) >= 11 is 0. The first-order chi connectivity index (χ1) is 14.3. The summed E-state index contributed by atoms with van der Waals surface area (Å²) in [6.07, 6.45) is 1.96. The second kappa shape index (κ2) is 9.01. The molecule has 0 aliphatic carbocycles. The van der Waals surface area contributed by atoms with Gasteiger partial charge in [-0.1, -0.05) is 18.2 Å². The Kier molecular flexibility index (Phi) is 6.62. The number of nitrogens with zero attached hydrogens (tertiary/aromatic N) is 4. The van der Waals surface area contributed by atoms with Crippen molar-refractivity contribution in [3.63, 3.8) is 0 Å². The van der Waals surface area contributed by atoms with Gasteiger partial charge in [-0.05, 0) is 58.1 Å². The van der Waals surface area contributed by atoms with Crippen LogP contribution in [0.2, 0.25) is 0 Å². The third-order valence-electron chi connectivity index (χ3n) is 5.53. The summed E-state index contributed by atoms with van der Waals surface area (Å²) in [7, 11) is 0.0726. The first-order valence-corrected chi connectivity index (χ1v) is 11.5. The summed E-state index contributed by atoms with van der Waals surface area (Å²) < 4.78 is 27.8. The number of anilines is 2. The molecule has 1 heterocycles. The molecule has 0 amide bonds. The SMILES string of the molecule is CCN(c1ccccc1)S(=O)(=O)c1ccc(N2CCCC(N(C)C)C2)c([N+](=O)[O-])c1. The van der Waals surface area contributed by atoms with Crippen LogP contribution in [0.1, 0.15) is 19.8 Å². The highest BCUT2D eigenvalue weighted by Gasteiger charge is 2.30. The lowest BCUT2D eigenvalue weighted by Crippen LogP contribution is -2.45.